The molecule has 5 heteroatoms. The second-order valence-corrected chi connectivity index (χ2v) is 5.12. The smallest absolute Gasteiger partial charge is 0.221 e. The van der Waals surface area contributed by atoms with Gasteiger partial charge in [-0.15, -0.1) is 0 Å². The van der Waals surface area contributed by atoms with Crippen LogP contribution in [0.15, 0.2) is 24.3 Å². The van der Waals surface area contributed by atoms with Crippen LogP contribution >= 0.6 is 0 Å². The Kier molecular flexibility index (Phi) is 4.71. The molecule has 1 aromatic carbocycles. The fraction of sp³-hybridized carbons (Fsp3) is 0.467. The lowest BCUT2D eigenvalue weighted by atomic mass is 10.2. The number of nitrogens with zero attached hydrogens (tertiary/aromatic N) is 1. The molecular weight excluding hydrogens is 259 g/mol. The molecule has 0 radical (unpaired) electrons. The molecule has 0 aliphatic heterocycles. The van der Waals surface area contributed by atoms with Crippen molar-refractivity contribution in [3.63, 3.8) is 0 Å². The number of benzene rings is 1. The number of carbonyl (C=O) groups excluding carboxylic acids is 2. The highest BCUT2D eigenvalue weighted by Gasteiger charge is 2.23. The number of amides is 2. The van der Waals surface area contributed by atoms with Gasteiger partial charge in [0.1, 0.15) is 5.82 Å². The van der Waals surface area contributed by atoms with Gasteiger partial charge in [-0.05, 0) is 18.9 Å². The van der Waals surface area contributed by atoms with E-state index in [2.05, 4.69) is 5.32 Å². The topological polar surface area (TPSA) is 49.4 Å². The lowest BCUT2D eigenvalue weighted by molar-refractivity contribution is -0.130. The average Bonchev–Trinajstić information content (AvgIpc) is 3.20. The highest BCUT2D eigenvalue weighted by molar-refractivity contribution is 5.78. The number of hydrogen-bond donors (Lipinski definition) is 1. The van der Waals surface area contributed by atoms with Gasteiger partial charge in [0.15, 0.2) is 0 Å². The Morgan fingerprint density at radius 1 is 1.35 bits per heavy atom. The molecule has 0 heterocycles. The number of rotatable bonds is 6. The van der Waals surface area contributed by atoms with Crippen LogP contribution in [0.4, 0.5) is 4.39 Å². The van der Waals surface area contributed by atoms with E-state index in [4.69, 9.17) is 0 Å². The van der Waals surface area contributed by atoms with Crippen molar-refractivity contribution in [1.82, 2.24) is 10.2 Å². The van der Waals surface area contributed by atoms with E-state index in [1.807, 2.05) is 0 Å². The minimum Gasteiger partial charge on any atom is -0.353 e. The quantitative estimate of drug-likeness (QED) is 0.863. The van der Waals surface area contributed by atoms with Crippen molar-refractivity contribution in [1.29, 1.82) is 0 Å². The third-order valence-electron chi connectivity index (χ3n) is 3.32. The molecule has 1 N–H and O–H groups in total. The van der Waals surface area contributed by atoms with Crippen molar-refractivity contribution in [3.8, 4) is 0 Å². The average molecular weight is 278 g/mol. The minimum absolute atomic E-state index is 0.0488. The Balaban J connectivity index is 1.88. The fourth-order valence-electron chi connectivity index (χ4n) is 1.94. The molecule has 0 bridgehead atoms. The normalized spacial score (nSPS) is 13.9. The maximum atomic E-state index is 13.6. The SMILES string of the molecule is CC(=O)N(CCC(=O)NC1CC1)Cc1ccccc1F. The maximum absolute atomic E-state index is 13.6. The Labute approximate surface area is 118 Å². The van der Waals surface area contributed by atoms with E-state index in [0.29, 0.717) is 18.2 Å². The molecule has 0 spiro atoms. The predicted octanol–water partition coefficient (Wildman–Crippen LogP) is 1.84. The second-order valence-electron chi connectivity index (χ2n) is 5.12. The van der Waals surface area contributed by atoms with Gasteiger partial charge < -0.3 is 10.2 Å². The van der Waals surface area contributed by atoms with Gasteiger partial charge in [0.2, 0.25) is 11.8 Å². The first-order chi connectivity index (χ1) is 9.56. The van der Waals surface area contributed by atoms with Crippen molar-refractivity contribution in [2.24, 2.45) is 0 Å². The van der Waals surface area contributed by atoms with Gasteiger partial charge in [-0.2, -0.15) is 0 Å². The van der Waals surface area contributed by atoms with E-state index in [1.165, 1.54) is 17.9 Å². The summed E-state index contributed by atoms with van der Waals surface area (Å²) in [5.74, 6) is -0.541. The Bertz CT molecular complexity index is 500. The maximum Gasteiger partial charge on any atom is 0.221 e. The van der Waals surface area contributed by atoms with Crippen molar-refractivity contribution in [2.45, 2.75) is 38.8 Å². The van der Waals surface area contributed by atoms with Gasteiger partial charge >= 0.3 is 0 Å². The number of hydrogen-bond acceptors (Lipinski definition) is 2. The van der Waals surface area contributed by atoms with Crippen LogP contribution in [0, 0.1) is 5.82 Å². The van der Waals surface area contributed by atoms with E-state index in [1.54, 1.807) is 18.2 Å². The zero-order valence-electron chi connectivity index (χ0n) is 11.6. The van der Waals surface area contributed by atoms with Crippen LogP contribution in [0.1, 0.15) is 31.7 Å². The first kappa shape index (κ1) is 14.5. The molecule has 0 saturated heterocycles. The number of halogens is 1. The summed E-state index contributed by atoms with van der Waals surface area (Å²) in [6, 6.07) is 6.68. The molecule has 108 valence electrons. The molecule has 1 aliphatic rings. The van der Waals surface area contributed by atoms with Crippen LogP contribution in [0.25, 0.3) is 0 Å². The number of carbonyl (C=O) groups is 2. The zero-order chi connectivity index (χ0) is 14.5. The van der Waals surface area contributed by atoms with Crippen LogP contribution in [0.2, 0.25) is 0 Å². The summed E-state index contributed by atoms with van der Waals surface area (Å²) < 4.78 is 13.6. The van der Waals surface area contributed by atoms with Crippen LogP contribution in [-0.4, -0.2) is 29.3 Å². The number of nitrogens with one attached hydrogen (secondary N) is 1. The van der Waals surface area contributed by atoms with Crippen LogP contribution in [0.3, 0.4) is 0 Å². The molecule has 0 unspecified atom stereocenters. The summed E-state index contributed by atoms with van der Waals surface area (Å²) in [6.07, 6.45) is 2.33. The highest BCUT2D eigenvalue weighted by atomic mass is 19.1. The molecule has 4 nitrogen and oxygen atoms in total. The monoisotopic (exact) mass is 278 g/mol. The summed E-state index contributed by atoms with van der Waals surface area (Å²) in [4.78, 5) is 24.7. The summed E-state index contributed by atoms with van der Waals surface area (Å²) >= 11 is 0. The predicted molar refractivity (Wildman–Crippen MR) is 73.3 cm³/mol. The van der Waals surface area contributed by atoms with Gasteiger partial charge in [-0.3, -0.25) is 9.59 Å². The largest absolute Gasteiger partial charge is 0.353 e. The van der Waals surface area contributed by atoms with E-state index in [9.17, 15) is 14.0 Å². The van der Waals surface area contributed by atoms with Gasteiger partial charge in [0.25, 0.3) is 0 Å². The Morgan fingerprint density at radius 2 is 2.05 bits per heavy atom. The minimum atomic E-state index is -0.332. The molecule has 1 fully saturated rings. The zero-order valence-corrected chi connectivity index (χ0v) is 11.6. The molecular formula is C15H19FN2O2. The summed E-state index contributed by atoms with van der Waals surface area (Å²) in [6.45, 7) is 1.93. The van der Waals surface area contributed by atoms with Crippen molar-refractivity contribution < 1.29 is 14.0 Å². The van der Waals surface area contributed by atoms with Crippen LogP contribution in [-0.2, 0) is 16.1 Å². The summed E-state index contributed by atoms with van der Waals surface area (Å²) in [7, 11) is 0. The lowest BCUT2D eigenvalue weighted by Gasteiger charge is -2.21. The van der Waals surface area contributed by atoms with E-state index >= 15 is 0 Å². The molecule has 1 saturated carbocycles. The van der Waals surface area contributed by atoms with E-state index < -0.39 is 0 Å². The van der Waals surface area contributed by atoms with E-state index in [0.717, 1.165) is 12.8 Å². The second kappa shape index (κ2) is 6.50. The van der Waals surface area contributed by atoms with Crippen molar-refractivity contribution >= 4 is 11.8 Å². The molecule has 2 amide bonds. The first-order valence-electron chi connectivity index (χ1n) is 6.84. The van der Waals surface area contributed by atoms with Gasteiger partial charge in [0, 0.05) is 38.0 Å². The van der Waals surface area contributed by atoms with Gasteiger partial charge in [-0.1, -0.05) is 18.2 Å². The third kappa shape index (κ3) is 4.33. The van der Waals surface area contributed by atoms with Gasteiger partial charge in [-0.25, -0.2) is 4.39 Å². The Morgan fingerprint density at radius 3 is 2.65 bits per heavy atom. The molecule has 20 heavy (non-hydrogen) atoms. The summed E-state index contributed by atoms with van der Waals surface area (Å²) in [5, 5.41) is 2.87. The fourth-order valence-corrected chi connectivity index (χ4v) is 1.94. The molecule has 1 aromatic rings. The first-order valence-corrected chi connectivity index (χ1v) is 6.84. The van der Waals surface area contributed by atoms with Crippen LogP contribution in [0.5, 0.6) is 0 Å². The van der Waals surface area contributed by atoms with Crippen molar-refractivity contribution in [2.75, 3.05) is 6.54 Å². The molecule has 0 atom stereocenters. The van der Waals surface area contributed by atoms with Crippen LogP contribution < -0.4 is 5.32 Å². The Hall–Kier alpha value is -1.91. The van der Waals surface area contributed by atoms with Gasteiger partial charge in [0.05, 0.1) is 0 Å². The molecule has 0 aromatic heterocycles. The standard InChI is InChI=1S/C15H19FN2O2/c1-11(19)18(9-8-15(20)17-13-6-7-13)10-12-4-2-3-5-14(12)16/h2-5,13H,6-10H2,1H3,(H,17,20). The molecule has 1 aliphatic carbocycles. The third-order valence-corrected chi connectivity index (χ3v) is 3.32. The lowest BCUT2D eigenvalue weighted by Crippen LogP contribution is -2.34. The van der Waals surface area contributed by atoms with Crippen molar-refractivity contribution in [3.05, 3.63) is 35.6 Å². The molecule has 2 rings (SSSR count). The summed E-state index contributed by atoms with van der Waals surface area (Å²) in [5.41, 5.74) is 0.463. The highest BCUT2D eigenvalue weighted by Crippen LogP contribution is 2.18. The van der Waals surface area contributed by atoms with E-state index in [-0.39, 0.29) is 30.6 Å².